The van der Waals surface area contributed by atoms with Crippen molar-refractivity contribution in [1.29, 1.82) is 0 Å². The maximum atomic E-state index is 13.2. The number of rotatable bonds is 3. The molecule has 0 saturated heterocycles. The van der Waals surface area contributed by atoms with E-state index in [9.17, 15) is 13.6 Å². The first-order valence-corrected chi connectivity index (χ1v) is 7.69. The Morgan fingerprint density at radius 1 is 1.09 bits per heavy atom. The van der Waals surface area contributed by atoms with Crippen molar-refractivity contribution in [1.82, 2.24) is 4.98 Å². The van der Waals surface area contributed by atoms with Gasteiger partial charge in [-0.25, -0.2) is 13.8 Å². The highest BCUT2D eigenvalue weighted by atomic mass is 32.1. The van der Waals surface area contributed by atoms with E-state index in [1.54, 1.807) is 0 Å². The van der Waals surface area contributed by atoms with Gasteiger partial charge in [0.2, 0.25) is 0 Å². The van der Waals surface area contributed by atoms with E-state index in [2.05, 4.69) is 10.3 Å². The predicted octanol–water partition coefficient (Wildman–Crippen LogP) is 4.65. The van der Waals surface area contributed by atoms with Crippen LogP contribution in [0.25, 0.3) is 11.3 Å². The van der Waals surface area contributed by atoms with Gasteiger partial charge in [-0.05, 0) is 19.1 Å². The number of carbonyl (C=O) groups excluding carboxylic acids is 1. The van der Waals surface area contributed by atoms with Crippen molar-refractivity contribution in [3.8, 4) is 11.3 Å². The monoisotopic (exact) mass is 330 g/mol. The summed E-state index contributed by atoms with van der Waals surface area (Å²) in [6, 6.07) is 10.5. The molecule has 0 aliphatic carbocycles. The number of anilines is 1. The number of benzene rings is 2. The lowest BCUT2D eigenvalue weighted by atomic mass is 10.1. The molecule has 3 rings (SSSR count). The van der Waals surface area contributed by atoms with Crippen LogP contribution in [-0.2, 0) is 0 Å². The summed E-state index contributed by atoms with van der Waals surface area (Å²) in [7, 11) is 0. The Hall–Kier alpha value is -2.60. The fourth-order valence-corrected chi connectivity index (χ4v) is 2.76. The van der Waals surface area contributed by atoms with Crippen LogP contribution in [0.15, 0.2) is 47.8 Å². The molecule has 0 aliphatic heterocycles. The van der Waals surface area contributed by atoms with Gasteiger partial charge in [0.15, 0.2) is 5.13 Å². The molecular formula is C17H12F2N2OS. The number of hydrogen-bond donors (Lipinski definition) is 1. The van der Waals surface area contributed by atoms with E-state index in [0.29, 0.717) is 5.13 Å². The molecule has 1 N–H and O–H groups in total. The van der Waals surface area contributed by atoms with E-state index in [-0.39, 0.29) is 5.56 Å². The van der Waals surface area contributed by atoms with Crippen LogP contribution in [0.5, 0.6) is 0 Å². The van der Waals surface area contributed by atoms with Gasteiger partial charge in [0.25, 0.3) is 5.91 Å². The summed E-state index contributed by atoms with van der Waals surface area (Å²) in [4.78, 5) is 16.4. The first-order valence-electron chi connectivity index (χ1n) is 6.81. The molecule has 0 bridgehead atoms. The van der Waals surface area contributed by atoms with Crippen LogP contribution in [0.2, 0.25) is 0 Å². The molecule has 1 heterocycles. The fourth-order valence-electron chi connectivity index (χ4n) is 2.04. The number of carbonyl (C=O) groups is 1. The zero-order chi connectivity index (χ0) is 16.4. The van der Waals surface area contributed by atoms with E-state index in [4.69, 9.17) is 0 Å². The maximum Gasteiger partial charge on any atom is 0.257 e. The minimum absolute atomic E-state index is 0.0883. The van der Waals surface area contributed by atoms with Gasteiger partial charge in [-0.2, -0.15) is 0 Å². The number of amides is 1. The molecule has 0 atom stereocenters. The molecule has 0 saturated carbocycles. The Kier molecular flexibility index (Phi) is 4.16. The largest absolute Gasteiger partial charge is 0.298 e. The summed E-state index contributed by atoms with van der Waals surface area (Å²) < 4.78 is 26.3. The summed E-state index contributed by atoms with van der Waals surface area (Å²) in [6.07, 6.45) is 0. The van der Waals surface area contributed by atoms with Gasteiger partial charge in [0.1, 0.15) is 11.6 Å². The van der Waals surface area contributed by atoms with Crippen LogP contribution in [0.3, 0.4) is 0 Å². The lowest BCUT2D eigenvalue weighted by Crippen LogP contribution is -2.12. The van der Waals surface area contributed by atoms with Crippen molar-refractivity contribution in [2.24, 2.45) is 0 Å². The van der Waals surface area contributed by atoms with Crippen molar-refractivity contribution in [2.45, 2.75) is 6.92 Å². The van der Waals surface area contributed by atoms with Crippen LogP contribution in [0, 0.1) is 18.6 Å². The third-order valence-electron chi connectivity index (χ3n) is 3.20. The summed E-state index contributed by atoms with van der Waals surface area (Å²) in [6.45, 7) is 1.99. The number of aromatic nitrogens is 1. The molecule has 0 spiro atoms. The third kappa shape index (κ3) is 3.60. The third-order valence-corrected chi connectivity index (χ3v) is 3.95. The van der Waals surface area contributed by atoms with E-state index in [1.165, 1.54) is 11.3 Å². The van der Waals surface area contributed by atoms with Gasteiger partial charge >= 0.3 is 0 Å². The van der Waals surface area contributed by atoms with Gasteiger partial charge in [-0.15, -0.1) is 11.3 Å². The Morgan fingerprint density at radius 3 is 2.39 bits per heavy atom. The van der Waals surface area contributed by atoms with E-state index >= 15 is 0 Å². The highest BCUT2D eigenvalue weighted by Crippen LogP contribution is 2.25. The molecule has 0 fully saturated rings. The molecule has 0 radical (unpaired) electrons. The fraction of sp³-hybridized carbons (Fsp3) is 0.0588. The van der Waals surface area contributed by atoms with Gasteiger partial charge < -0.3 is 0 Å². The quantitative estimate of drug-likeness (QED) is 0.759. The van der Waals surface area contributed by atoms with Crippen LogP contribution >= 0.6 is 11.3 Å². The SMILES string of the molecule is Cc1ccc(-c2csc(NC(=O)c3cc(F)cc(F)c3)n2)cc1. The minimum Gasteiger partial charge on any atom is -0.298 e. The van der Waals surface area contributed by atoms with Gasteiger partial charge in [-0.3, -0.25) is 10.1 Å². The lowest BCUT2D eigenvalue weighted by Gasteiger charge is -2.02. The summed E-state index contributed by atoms with van der Waals surface area (Å²) in [5, 5.41) is 4.73. The first kappa shape index (κ1) is 15.3. The smallest absolute Gasteiger partial charge is 0.257 e. The molecule has 2 aromatic carbocycles. The molecule has 1 amide bonds. The highest BCUT2D eigenvalue weighted by Gasteiger charge is 2.12. The molecule has 3 aromatic rings. The molecule has 23 heavy (non-hydrogen) atoms. The van der Waals surface area contributed by atoms with E-state index in [0.717, 1.165) is 35.0 Å². The summed E-state index contributed by atoms with van der Waals surface area (Å²) >= 11 is 1.25. The van der Waals surface area contributed by atoms with E-state index in [1.807, 2.05) is 36.6 Å². The number of nitrogens with one attached hydrogen (secondary N) is 1. The Bertz CT molecular complexity index is 839. The lowest BCUT2D eigenvalue weighted by molar-refractivity contribution is 0.102. The van der Waals surface area contributed by atoms with Crippen LogP contribution < -0.4 is 5.32 Å². The van der Waals surface area contributed by atoms with Crippen LogP contribution in [0.4, 0.5) is 13.9 Å². The Labute approximate surface area is 135 Å². The topological polar surface area (TPSA) is 42.0 Å². The molecule has 116 valence electrons. The van der Waals surface area contributed by atoms with Crippen LogP contribution in [-0.4, -0.2) is 10.9 Å². The predicted molar refractivity (Wildman–Crippen MR) is 86.6 cm³/mol. The average molecular weight is 330 g/mol. The van der Waals surface area contributed by atoms with Gasteiger partial charge in [-0.1, -0.05) is 29.8 Å². The van der Waals surface area contributed by atoms with Gasteiger partial charge in [0, 0.05) is 22.6 Å². The molecule has 3 nitrogen and oxygen atoms in total. The normalized spacial score (nSPS) is 10.6. The zero-order valence-corrected chi connectivity index (χ0v) is 13.0. The first-order chi connectivity index (χ1) is 11.0. The van der Waals surface area contributed by atoms with Crippen molar-refractivity contribution in [2.75, 3.05) is 5.32 Å². The highest BCUT2D eigenvalue weighted by molar-refractivity contribution is 7.14. The Morgan fingerprint density at radius 2 is 1.74 bits per heavy atom. The maximum absolute atomic E-state index is 13.2. The number of aryl methyl sites for hydroxylation is 1. The Balaban J connectivity index is 1.78. The van der Waals surface area contributed by atoms with E-state index < -0.39 is 17.5 Å². The standard InChI is InChI=1S/C17H12F2N2OS/c1-10-2-4-11(5-3-10)15-9-23-17(20-15)21-16(22)12-6-13(18)8-14(19)7-12/h2-9H,1H3,(H,20,21,22). The molecule has 0 unspecified atom stereocenters. The van der Waals surface area contributed by atoms with Gasteiger partial charge in [0.05, 0.1) is 5.69 Å². The summed E-state index contributed by atoms with van der Waals surface area (Å²) in [5.74, 6) is -2.20. The average Bonchev–Trinajstić information content (AvgIpc) is 2.95. The van der Waals surface area contributed by atoms with Crippen LogP contribution in [0.1, 0.15) is 15.9 Å². The molecule has 6 heteroatoms. The number of halogens is 2. The minimum atomic E-state index is -0.797. The molecule has 0 aliphatic rings. The second-order valence-electron chi connectivity index (χ2n) is 5.02. The second-order valence-corrected chi connectivity index (χ2v) is 5.87. The van der Waals surface area contributed by atoms with Crippen molar-refractivity contribution in [3.05, 3.63) is 70.6 Å². The zero-order valence-electron chi connectivity index (χ0n) is 12.1. The van der Waals surface area contributed by atoms with Crippen molar-refractivity contribution >= 4 is 22.4 Å². The van der Waals surface area contributed by atoms with Crippen molar-refractivity contribution in [3.63, 3.8) is 0 Å². The number of nitrogens with zero attached hydrogens (tertiary/aromatic N) is 1. The number of hydrogen-bond acceptors (Lipinski definition) is 3. The second kappa shape index (κ2) is 6.26. The summed E-state index contributed by atoms with van der Waals surface area (Å²) in [5.41, 5.74) is 2.72. The molecule has 1 aromatic heterocycles. The van der Waals surface area contributed by atoms with Crippen molar-refractivity contribution < 1.29 is 13.6 Å². The molecular weight excluding hydrogens is 318 g/mol. The number of thiazole rings is 1.